The molecule has 0 aromatic rings. The first kappa shape index (κ1) is 10.9. The number of nitrogens with one attached hydrogen (secondary N) is 1. The summed E-state index contributed by atoms with van der Waals surface area (Å²) >= 11 is 0. The van der Waals surface area contributed by atoms with E-state index in [2.05, 4.69) is 21.2 Å². The van der Waals surface area contributed by atoms with E-state index in [0.717, 1.165) is 25.7 Å². The molecule has 1 aliphatic heterocycles. The van der Waals surface area contributed by atoms with Crippen LogP contribution in [0.4, 0.5) is 0 Å². The number of likely N-dealkylation sites (N-methyl/N-ethyl adjacent to an activating group) is 1. The van der Waals surface area contributed by atoms with E-state index in [1.165, 1.54) is 25.9 Å². The van der Waals surface area contributed by atoms with Crippen molar-refractivity contribution < 1.29 is 0 Å². The Morgan fingerprint density at radius 1 is 1.33 bits per heavy atom. The number of rotatable bonds is 4. The van der Waals surface area contributed by atoms with Crippen molar-refractivity contribution in [2.75, 3.05) is 39.8 Å². The number of hydrogen-bond acceptors (Lipinski definition) is 4. The van der Waals surface area contributed by atoms with E-state index in [4.69, 9.17) is 5.26 Å². The second kappa shape index (κ2) is 4.93. The lowest BCUT2D eigenvalue weighted by molar-refractivity contribution is 0.123. The molecule has 1 unspecified atom stereocenters. The van der Waals surface area contributed by atoms with E-state index < -0.39 is 0 Å². The topological polar surface area (TPSA) is 42.3 Å². The molecule has 2 rings (SSSR count). The molecule has 84 valence electrons. The highest BCUT2D eigenvalue weighted by Crippen LogP contribution is 2.27. The van der Waals surface area contributed by atoms with Crippen LogP contribution in [0, 0.1) is 11.3 Å². The highest BCUT2D eigenvalue weighted by molar-refractivity contribution is 4.93. The van der Waals surface area contributed by atoms with Crippen molar-refractivity contribution in [1.29, 1.82) is 5.26 Å². The summed E-state index contributed by atoms with van der Waals surface area (Å²) in [5, 5.41) is 11.9. The summed E-state index contributed by atoms with van der Waals surface area (Å²) in [6.07, 6.45) is 2.80. The van der Waals surface area contributed by atoms with Gasteiger partial charge >= 0.3 is 0 Å². The van der Waals surface area contributed by atoms with Crippen LogP contribution in [-0.4, -0.2) is 61.7 Å². The summed E-state index contributed by atoms with van der Waals surface area (Å²) in [4.78, 5) is 4.99. The molecule has 0 amide bonds. The monoisotopic (exact) mass is 208 g/mol. The van der Waals surface area contributed by atoms with Crippen LogP contribution in [0.25, 0.3) is 0 Å². The van der Waals surface area contributed by atoms with Gasteiger partial charge in [0.15, 0.2) is 0 Å². The minimum atomic E-state index is -0.0162. The molecule has 0 bridgehead atoms. The van der Waals surface area contributed by atoms with Crippen LogP contribution in [0.3, 0.4) is 0 Å². The lowest BCUT2D eigenvalue weighted by Gasteiger charge is -2.35. The highest BCUT2D eigenvalue weighted by atomic mass is 15.3. The smallest absolute Gasteiger partial charge is 0.108 e. The quantitative estimate of drug-likeness (QED) is 0.699. The Balaban J connectivity index is 1.70. The molecule has 0 aromatic heterocycles. The van der Waals surface area contributed by atoms with Crippen LogP contribution >= 0.6 is 0 Å². The molecule has 0 spiro atoms. The second-order valence-electron chi connectivity index (χ2n) is 4.54. The fourth-order valence-corrected chi connectivity index (χ4v) is 2.21. The SMILES string of the molecule is CNC(C#N)CN1CCN(C2CC2)CC1. The van der Waals surface area contributed by atoms with Crippen LogP contribution in [0.2, 0.25) is 0 Å². The first-order valence-electron chi connectivity index (χ1n) is 5.87. The third kappa shape index (κ3) is 2.91. The van der Waals surface area contributed by atoms with Crippen molar-refractivity contribution in [1.82, 2.24) is 15.1 Å². The number of nitrogens with zero attached hydrogens (tertiary/aromatic N) is 3. The summed E-state index contributed by atoms with van der Waals surface area (Å²) in [5.74, 6) is 0. The van der Waals surface area contributed by atoms with E-state index in [1.54, 1.807) is 0 Å². The van der Waals surface area contributed by atoms with Gasteiger partial charge in [-0.15, -0.1) is 0 Å². The van der Waals surface area contributed by atoms with E-state index in [0.29, 0.717) is 0 Å². The zero-order valence-electron chi connectivity index (χ0n) is 9.45. The first-order valence-corrected chi connectivity index (χ1v) is 5.87. The summed E-state index contributed by atoms with van der Waals surface area (Å²) in [5.41, 5.74) is 0. The van der Waals surface area contributed by atoms with E-state index >= 15 is 0 Å². The third-order valence-corrected chi connectivity index (χ3v) is 3.42. The predicted octanol–water partition coefficient (Wildman–Crippen LogP) is -0.122. The fraction of sp³-hybridized carbons (Fsp3) is 0.909. The van der Waals surface area contributed by atoms with E-state index in [-0.39, 0.29) is 6.04 Å². The Kier molecular flexibility index (Phi) is 3.57. The molecule has 0 aromatic carbocycles. The summed E-state index contributed by atoms with van der Waals surface area (Å²) < 4.78 is 0. The minimum Gasteiger partial charge on any atom is -0.304 e. The average molecular weight is 208 g/mol. The van der Waals surface area contributed by atoms with Crippen molar-refractivity contribution in [2.45, 2.75) is 24.9 Å². The Labute approximate surface area is 91.8 Å². The van der Waals surface area contributed by atoms with Crippen LogP contribution in [0.1, 0.15) is 12.8 Å². The predicted molar refractivity (Wildman–Crippen MR) is 59.5 cm³/mol. The van der Waals surface area contributed by atoms with Crippen LogP contribution in [0.15, 0.2) is 0 Å². The molecule has 1 atom stereocenters. The molecule has 4 heteroatoms. The maximum atomic E-state index is 8.86. The molecule has 1 saturated carbocycles. The van der Waals surface area contributed by atoms with Gasteiger partial charge in [0.05, 0.1) is 6.07 Å². The van der Waals surface area contributed by atoms with Crippen molar-refractivity contribution in [3.8, 4) is 6.07 Å². The average Bonchev–Trinajstić information content (AvgIpc) is 3.10. The Morgan fingerprint density at radius 2 is 2.00 bits per heavy atom. The maximum Gasteiger partial charge on any atom is 0.108 e. The molecule has 1 aliphatic carbocycles. The van der Waals surface area contributed by atoms with Gasteiger partial charge in [0.2, 0.25) is 0 Å². The molecule has 2 fully saturated rings. The standard InChI is InChI=1S/C11H20N4/c1-13-10(8-12)9-14-4-6-15(7-5-14)11-2-3-11/h10-11,13H,2-7,9H2,1H3. The van der Waals surface area contributed by atoms with Crippen molar-refractivity contribution >= 4 is 0 Å². The van der Waals surface area contributed by atoms with Gasteiger partial charge < -0.3 is 5.32 Å². The van der Waals surface area contributed by atoms with Crippen LogP contribution in [-0.2, 0) is 0 Å². The first-order chi connectivity index (χ1) is 7.33. The van der Waals surface area contributed by atoms with Gasteiger partial charge in [-0.2, -0.15) is 5.26 Å². The lowest BCUT2D eigenvalue weighted by Crippen LogP contribution is -2.50. The molecule has 2 aliphatic rings. The third-order valence-electron chi connectivity index (χ3n) is 3.42. The van der Waals surface area contributed by atoms with Gasteiger partial charge in [-0.25, -0.2) is 0 Å². The molecule has 1 heterocycles. The molecule has 4 nitrogen and oxygen atoms in total. The van der Waals surface area contributed by atoms with Crippen molar-refractivity contribution in [3.05, 3.63) is 0 Å². The van der Waals surface area contributed by atoms with Crippen molar-refractivity contribution in [2.24, 2.45) is 0 Å². The van der Waals surface area contributed by atoms with Gasteiger partial charge in [-0.1, -0.05) is 0 Å². The Morgan fingerprint density at radius 3 is 2.47 bits per heavy atom. The van der Waals surface area contributed by atoms with Gasteiger partial charge in [0.25, 0.3) is 0 Å². The molecule has 15 heavy (non-hydrogen) atoms. The molecular formula is C11H20N4. The number of nitriles is 1. The number of hydrogen-bond donors (Lipinski definition) is 1. The Hall–Kier alpha value is -0.630. The van der Waals surface area contributed by atoms with E-state index in [1.807, 2.05) is 7.05 Å². The normalized spacial score (nSPS) is 26.1. The van der Waals surface area contributed by atoms with Crippen molar-refractivity contribution in [3.63, 3.8) is 0 Å². The van der Waals surface area contributed by atoms with Crippen LogP contribution in [0.5, 0.6) is 0 Å². The maximum absolute atomic E-state index is 8.86. The highest BCUT2D eigenvalue weighted by Gasteiger charge is 2.31. The fourth-order valence-electron chi connectivity index (χ4n) is 2.21. The molecular weight excluding hydrogens is 188 g/mol. The molecule has 1 saturated heterocycles. The summed E-state index contributed by atoms with van der Waals surface area (Å²) in [7, 11) is 1.86. The van der Waals surface area contributed by atoms with Gasteiger partial charge in [0, 0.05) is 38.8 Å². The zero-order chi connectivity index (χ0) is 10.7. The zero-order valence-corrected chi connectivity index (χ0v) is 9.45. The summed E-state index contributed by atoms with van der Waals surface area (Å²) in [6, 6.07) is 3.15. The second-order valence-corrected chi connectivity index (χ2v) is 4.54. The minimum absolute atomic E-state index is 0.0162. The molecule has 0 radical (unpaired) electrons. The summed E-state index contributed by atoms with van der Waals surface area (Å²) in [6.45, 7) is 5.48. The molecule has 1 N–H and O–H groups in total. The van der Waals surface area contributed by atoms with Gasteiger partial charge in [-0.05, 0) is 19.9 Å². The van der Waals surface area contributed by atoms with Gasteiger partial charge in [-0.3, -0.25) is 9.80 Å². The lowest BCUT2D eigenvalue weighted by atomic mass is 10.2. The Bertz CT molecular complexity index is 235. The van der Waals surface area contributed by atoms with Gasteiger partial charge in [0.1, 0.15) is 6.04 Å². The largest absolute Gasteiger partial charge is 0.304 e. The van der Waals surface area contributed by atoms with Crippen LogP contribution < -0.4 is 5.32 Å². The van der Waals surface area contributed by atoms with E-state index in [9.17, 15) is 0 Å². The number of piperazine rings is 1.